The molecule has 2 aromatic rings. The second-order valence-corrected chi connectivity index (χ2v) is 6.72. The van der Waals surface area contributed by atoms with Crippen LogP contribution in [0.25, 0.3) is 10.9 Å². The summed E-state index contributed by atoms with van der Waals surface area (Å²) >= 11 is 0. The fourth-order valence-corrected chi connectivity index (χ4v) is 4.30. The smallest absolute Gasteiger partial charge is 0.273 e. The second kappa shape index (κ2) is 5.27. The standard InChI is InChI=1S/C18H21N3O/c1-11(15-9-12-6-7-13(15)8-12)20-21-18(22)16-10-19-17-5-3-2-4-14(16)17/h2-5,10,12-13,15,19H,6-9H2,1H3,(H,21,22)/b20-11-/t12-,13+,15-/m0/s1. The van der Waals surface area contributed by atoms with Gasteiger partial charge in [-0.3, -0.25) is 4.79 Å². The molecule has 2 aliphatic carbocycles. The van der Waals surface area contributed by atoms with E-state index in [4.69, 9.17) is 0 Å². The number of nitrogens with one attached hydrogen (secondary N) is 2. The average Bonchev–Trinajstić information content (AvgIpc) is 3.26. The lowest BCUT2D eigenvalue weighted by Crippen LogP contribution is -2.24. The predicted octanol–water partition coefficient (Wildman–Crippen LogP) is 3.71. The highest BCUT2D eigenvalue weighted by molar-refractivity contribution is 6.07. The van der Waals surface area contributed by atoms with E-state index in [1.54, 1.807) is 6.20 Å². The van der Waals surface area contributed by atoms with Gasteiger partial charge in [-0.15, -0.1) is 0 Å². The van der Waals surface area contributed by atoms with Crippen LogP contribution in [-0.4, -0.2) is 16.6 Å². The van der Waals surface area contributed by atoms with Crippen molar-refractivity contribution in [3.05, 3.63) is 36.0 Å². The van der Waals surface area contributed by atoms with Crippen LogP contribution >= 0.6 is 0 Å². The molecule has 114 valence electrons. The first-order valence-corrected chi connectivity index (χ1v) is 8.13. The highest BCUT2D eigenvalue weighted by atomic mass is 16.2. The minimum absolute atomic E-state index is 0.139. The van der Waals surface area contributed by atoms with Crippen molar-refractivity contribution in [1.29, 1.82) is 0 Å². The van der Waals surface area contributed by atoms with Gasteiger partial charge in [0, 0.05) is 28.7 Å². The van der Waals surface area contributed by atoms with Crippen LogP contribution in [0.3, 0.4) is 0 Å². The van der Waals surface area contributed by atoms with Gasteiger partial charge >= 0.3 is 0 Å². The summed E-state index contributed by atoms with van der Waals surface area (Å²) in [6.07, 6.45) is 7.08. The Balaban J connectivity index is 1.49. The summed E-state index contributed by atoms with van der Waals surface area (Å²) < 4.78 is 0. The van der Waals surface area contributed by atoms with Crippen LogP contribution in [0.1, 0.15) is 43.0 Å². The Kier molecular flexibility index (Phi) is 3.25. The molecule has 2 saturated carbocycles. The number of nitrogens with zero attached hydrogens (tertiary/aromatic N) is 1. The van der Waals surface area contributed by atoms with E-state index in [9.17, 15) is 4.79 Å². The van der Waals surface area contributed by atoms with E-state index in [0.29, 0.717) is 11.5 Å². The molecular formula is C18H21N3O. The Morgan fingerprint density at radius 3 is 2.91 bits per heavy atom. The highest BCUT2D eigenvalue weighted by Gasteiger charge is 2.40. The molecule has 2 bridgehead atoms. The summed E-state index contributed by atoms with van der Waals surface area (Å²) in [5.74, 6) is 2.12. The number of carbonyl (C=O) groups is 1. The number of hydrazone groups is 1. The Morgan fingerprint density at radius 2 is 2.14 bits per heavy atom. The monoisotopic (exact) mass is 295 g/mol. The summed E-state index contributed by atoms with van der Waals surface area (Å²) in [6, 6.07) is 7.82. The maximum Gasteiger partial charge on any atom is 0.273 e. The quantitative estimate of drug-likeness (QED) is 0.658. The molecule has 3 atom stereocenters. The van der Waals surface area contributed by atoms with Crippen LogP contribution in [0, 0.1) is 17.8 Å². The van der Waals surface area contributed by atoms with Gasteiger partial charge in [-0.05, 0) is 44.1 Å². The molecule has 0 aliphatic heterocycles. The average molecular weight is 295 g/mol. The lowest BCUT2D eigenvalue weighted by Gasteiger charge is -2.21. The zero-order valence-electron chi connectivity index (χ0n) is 12.8. The third kappa shape index (κ3) is 2.23. The Morgan fingerprint density at radius 1 is 1.27 bits per heavy atom. The van der Waals surface area contributed by atoms with Crippen molar-refractivity contribution < 1.29 is 4.79 Å². The van der Waals surface area contributed by atoms with Crippen LogP contribution in [0.15, 0.2) is 35.6 Å². The Labute approximate surface area is 130 Å². The number of aromatic nitrogens is 1. The normalized spacial score (nSPS) is 27.5. The number of hydrogen-bond donors (Lipinski definition) is 2. The van der Waals surface area contributed by atoms with Gasteiger partial charge in [0.15, 0.2) is 0 Å². The van der Waals surface area contributed by atoms with Gasteiger partial charge < -0.3 is 4.98 Å². The topological polar surface area (TPSA) is 57.2 Å². The van der Waals surface area contributed by atoms with E-state index >= 15 is 0 Å². The zero-order chi connectivity index (χ0) is 15.1. The van der Waals surface area contributed by atoms with E-state index in [-0.39, 0.29) is 5.91 Å². The summed E-state index contributed by atoms with van der Waals surface area (Å²) in [7, 11) is 0. The summed E-state index contributed by atoms with van der Waals surface area (Å²) in [5, 5.41) is 5.33. The molecule has 2 aliphatic rings. The van der Waals surface area contributed by atoms with Crippen molar-refractivity contribution in [2.75, 3.05) is 0 Å². The lowest BCUT2D eigenvalue weighted by atomic mass is 9.86. The Bertz CT molecular complexity index is 746. The van der Waals surface area contributed by atoms with Crippen molar-refractivity contribution in [2.24, 2.45) is 22.9 Å². The Hall–Kier alpha value is -2.10. The van der Waals surface area contributed by atoms with Crippen molar-refractivity contribution in [3.8, 4) is 0 Å². The number of H-pyrrole nitrogens is 1. The number of aromatic amines is 1. The first-order chi connectivity index (χ1) is 10.7. The molecule has 4 nitrogen and oxygen atoms in total. The van der Waals surface area contributed by atoms with Gasteiger partial charge in [0.2, 0.25) is 0 Å². The fourth-order valence-electron chi connectivity index (χ4n) is 4.30. The molecule has 22 heavy (non-hydrogen) atoms. The molecule has 1 aromatic carbocycles. The van der Waals surface area contributed by atoms with Crippen molar-refractivity contribution in [2.45, 2.75) is 32.6 Å². The molecule has 0 unspecified atom stereocenters. The largest absolute Gasteiger partial charge is 0.360 e. The van der Waals surface area contributed by atoms with E-state index < -0.39 is 0 Å². The second-order valence-electron chi connectivity index (χ2n) is 6.72. The van der Waals surface area contributed by atoms with Crippen LogP contribution in [0.5, 0.6) is 0 Å². The lowest BCUT2D eigenvalue weighted by molar-refractivity contribution is 0.0956. The maximum absolute atomic E-state index is 12.4. The molecular weight excluding hydrogens is 274 g/mol. The van der Waals surface area contributed by atoms with Gasteiger partial charge in [0.25, 0.3) is 5.91 Å². The molecule has 2 N–H and O–H groups in total. The molecule has 4 rings (SSSR count). The van der Waals surface area contributed by atoms with Crippen molar-refractivity contribution >= 4 is 22.5 Å². The van der Waals surface area contributed by atoms with Gasteiger partial charge in [0.05, 0.1) is 5.56 Å². The number of carbonyl (C=O) groups excluding carboxylic acids is 1. The van der Waals surface area contributed by atoms with Crippen LogP contribution in [-0.2, 0) is 0 Å². The van der Waals surface area contributed by atoms with E-state index in [1.807, 2.05) is 24.3 Å². The number of benzene rings is 1. The number of fused-ring (bicyclic) bond motifs is 3. The number of hydrogen-bond acceptors (Lipinski definition) is 2. The molecule has 4 heteroatoms. The summed E-state index contributed by atoms with van der Waals surface area (Å²) in [6.45, 7) is 2.06. The minimum Gasteiger partial charge on any atom is -0.360 e. The van der Waals surface area contributed by atoms with Gasteiger partial charge in [-0.25, -0.2) is 5.43 Å². The molecule has 0 radical (unpaired) electrons. The third-order valence-electron chi connectivity index (χ3n) is 5.44. The van der Waals surface area contributed by atoms with Crippen molar-refractivity contribution in [1.82, 2.24) is 10.4 Å². The van der Waals surface area contributed by atoms with Gasteiger partial charge in [-0.2, -0.15) is 5.10 Å². The molecule has 1 aromatic heterocycles. The minimum atomic E-state index is -0.139. The van der Waals surface area contributed by atoms with Gasteiger partial charge in [0.1, 0.15) is 0 Å². The number of amides is 1. The molecule has 1 amide bonds. The zero-order valence-corrected chi connectivity index (χ0v) is 12.8. The third-order valence-corrected chi connectivity index (χ3v) is 5.44. The van der Waals surface area contributed by atoms with Crippen LogP contribution < -0.4 is 5.43 Å². The predicted molar refractivity (Wildman–Crippen MR) is 87.8 cm³/mol. The van der Waals surface area contributed by atoms with E-state index in [2.05, 4.69) is 22.4 Å². The molecule has 0 spiro atoms. The van der Waals surface area contributed by atoms with Crippen molar-refractivity contribution in [3.63, 3.8) is 0 Å². The van der Waals surface area contributed by atoms with E-state index in [0.717, 1.165) is 28.5 Å². The SMILES string of the molecule is C/C(=N/NC(=O)c1c[nH]c2ccccc12)[C@@H]1C[C@H]2CC[C@@H]1C2. The number of para-hydroxylation sites is 1. The first kappa shape index (κ1) is 13.6. The van der Waals surface area contributed by atoms with Crippen LogP contribution in [0.2, 0.25) is 0 Å². The molecule has 1 heterocycles. The fraction of sp³-hybridized carbons (Fsp3) is 0.444. The first-order valence-electron chi connectivity index (χ1n) is 8.13. The summed E-state index contributed by atoms with van der Waals surface area (Å²) in [4.78, 5) is 15.5. The summed E-state index contributed by atoms with van der Waals surface area (Å²) in [5.41, 5.74) is 5.45. The highest BCUT2D eigenvalue weighted by Crippen LogP contribution is 2.48. The van der Waals surface area contributed by atoms with E-state index in [1.165, 1.54) is 25.7 Å². The maximum atomic E-state index is 12.4. The van der Waals surface area contributed by atoms with Gasteiger partial charge in [-0.1, -0.05) is 24.6 Å². The molecule has 0 saturated heterocycles. The molecule has 2 fully saturated rings. The number of rotatable bonds is 3. The van der Waals surface area contributed by atoms with Crippen LogP contribution in [0.4, 0.5) is 0 Å².